The second kappa shape index (κ2) is 7.75. The Balaban J connectivity index is 1.35. The number of thiophene rings is 1. The highest BCUT2D eigenvalue weighted by Crippen LogP contribution is 2.44. The highest BCUT2D eigenvalue weighted by atomic mass is 32.1. The molecule has 2 aliphatic rings. The van der Waals surface area contributed by atoms with Crippen molar-refractivity contribution in [2.45, 2.75) is 51.4 Å². The van der Waals surface area contributed by atoms with Gasteiger partial charge in [-0.25, -0.2) is 9.97 Å². The van der Waals surface area contributed by atoms with Gasteiger partial charge in [0.25, 0.3) is 5.91 Å². The van der Waals surface area contributed by atoms with Crippen molar-refractivity contribution >= 4 is 44.3 Å². The Morgan fingerprint density at radius 2 is 2.00 bits per heavy atom. The molecule has 0 saturated heterocycles. The molecule has 1 fully saturated rings. The number of fused-ring (bicyclic) bond motifs is 3. The first-order valence-electron chi connectivity index (χ1n) is 12.3. The summed E-state index contributed by atoms with van der Waals surface area (Å²) in [6.45, 7) is 1.95. The van der Waals surface area contributed by atoms with Crippen LogP contribution >= 0.6 is 11.3 Å². The van der Waals surface area contributed by atoms with Gasteiger partial charge in [0, 0.05) is 23.5 Å². The minimum atomic E-state index is -0.105. The van der Waals surface area contributed by atoms with E-state index in [1.54, 1.807) is 16.0 Å². The van der Waals surface area contributed by atoms with Crippen LogP contribution in [-0.4, -0.2) is 30.6 Å². The van der Waals surface area contributed by atoms with Crippen molar-refractivity contribution in [1.29, 1.82) is 0 Å². The molecule has 8 heteroatoms. The maximum atomic E-state index is 13.9. The number of rotatable bonds is 4. The molecule has 0 aliphatic heterocycles. The number of imidazole rings is 1. The number of carbonyl (C=O) groups is 1. The lowest BCUT2D eigenvalue weighted by molar-refractivity contribution is 0.102. The third-order valence-corrected chi connectivity index (χ3v) is 8.46. The van der Waals surface area contributed by atoms with E-state index in [0.29, 0.717) is 11.5 Å². The monoisotopic (exact) mass is 482 g/mol. The molecule has 0 spiro atoms. The van der Waals surface area contributed by atoms with Crippen LogP contribution in [0.4, 0.5) is 5.00 Å². The number of para-hydroxylation sites is 2. The van der Waals surface area contributed by atoms with E-state index in [4.69, 9.17) is 9.97 Å². The molecule has 7 nitrogen and oxygen atoms in total. The van der Waals surface area contributed by atoms with Crippen molar-refractivity contribution in [3.63, 3.8) is 0 Å². The zero-order chi connectivity index (χ0) is 23.7. The summed E-state index contributed by atoms with van der Waals surface area (Å²) in [4.78, 5) is 28.5. The van der Waals surface area contributed by atoms with Crippen LogP contribution in [0.15, 0.2) is 30.3 Å². The predicted molar refractivity (Wildman–Crippen MR) is 139 cm³/mol. The maximum Gasteiger partial charge on any atom is 0.257 e. The minimum Gasteiger partial charge on any atom is -0.338 e. The number of hydrogen-bond acceptors (Lipinski definition) is 5. The molecule has 176 valence electrons. The molecule has 0 atom stereocenters. The molecule has 7 rings (SSSR count). The van der Waals surface area contributed by atoms with Gasteiger partial charge >= 0.3 is 0 Å². The first kappa shape index (κ1) is 20.8. The number of pyridine rings is 1. The number of carbonyl (C=O) groups excluding carboxylic acids is 1. The molecule has 35 heavy (non-hydrogen) atoms. The van der Waals surface area contributed by atoms with E-state index >= 15 is 0 Å². The van der Waals surface area contributed by atoms with E-state index < -0.39 is 0 Å². The summed E-state index contributed by atoms with van der Waals surface area (Å²) in [6, 6.07) is 10.1. The van der Waals surface area contributed by atoms with Crippen LogP contribution in [-0.2, 0) is 19.9 Å². The van der Waals surface area contributed by atoms with Crippen molar-refractivity contribution in [3.8, 4) is 11.4 Å². The highest BCUT2D eigenvalue weighted by Gasteiger charge is 2.30. The van der Waals surface area contributed by atoms with E-state index in [1.165, 1.54) is 16.9 Å². The normalized spacial score (nSPS) is 15.6. The molecule has 2 N–H and O–H groups in total. The summed E-state index contributed by atoms with van der Waals surface area (Å²) in [5.74, 6) is 1.17. The Morgan fingerprint density at radius 3 is 2.83 bits per heavy atom. The average Bonchev–Trinajstić information content (AvgIpc) is 3.43. The third kappa shape index (κ3) is 3.38. The summed E-state index contributed by atoms with van der Waals surface area (Å²) in [6.07, 6.45) is 6.67. The zero-order valence-electron chi connectivity index (χ0n) is 19.8. The Hall–Kier alpha value is -3.52. The minimum absolute atomic E-state index is 0.105. The lowest BCUT2D eigenvalue weighted by atomic mass is 9.95. The summed E-state index contributed by atoms with van der Waals surface area (Å²) in [5.41, 5.74) is 7.57. The molecule has 0 unspecified atom stereocenters. The first-order chi connectivity index (χ1) is 17.1. The van der Waals surface area contributed by atoms with Gasteiger partial charge in [0.05, 0.1) is 33.2 Å². The third-order valence-electron chi connectivity index (χ3n) is 7.25. The van der Waals surface area contributed by atoms with Crippen LogP contribution in [0, 0.1) is 6.92 Å². The predicted octanol–water partition coefficient (Wildman–Crippen LogP) is 5.89. The summed E-state index contributed by atoms with van der Waals surface area (Å²) >= 11 is 1.70. The molecule has 1 saturated carbocycles. The molecule has 4 heterocycles. The Kier molecular flexibility index (Phi) is 4.61. The molecule has 0 radical (unpaired) electrons. The van der Waals surface area contributed by atoms with Crippen LogP contribution in [0.5, 0.6) is 0 Å². The summed E-state index contributed by atoms with van der Waals surface area (Å²) < 4.78 is 1.79. The van der Waals surface area contributed by atoms with E-state index in [1.807, 2.05) is 44.3 Å². The van der Waals surface area contributed by atoms with Gasteiger partial charge < -0.3 is 10.3 Å². The van der Waals surface area contributed by atoms with Gasteiger partial charge in [-0.15, -0.1) is 11.3 Å². The molecule has 2 aliphatic carbocycles. The molecule has 4 aromatic heterocycles. The lowest BCUT2D eigenvalue weighted by Crippen LogP contribution is -2.14. The van der Waals surface area contributed by atoms with Gasteiger partial charge in [-0.3, -0.25) is 9.48 Å². The van der Waals surface area contributed by atoms with Gasteiger partial charge in [0.2, 0.25) is 0 Å². The van der Waals surface area contributed by atoms with E-state index in [-0.39, 0.29) is 5.91 Å². The maximum absolute atomic E-state index is 13.9. The van der Waals surface area contributed by atoms with Crippen molar-refractivity contribution in [2.75, 3.05) is 5.32 Å². The molecule has 0 bridgehead atoms. The fourth-order valence-electron chi connectivity index (χ4n) is 5.38. The Bertz CT molecular complexity index is 1600. The second-order valence-electron chi connectivity index (χ2n) is 9.75. The van der Waals surface area contributed by atoms with Crippen LogP contribution in [0.3, 0.4) is 0 Å². The number of nitrogens with zero attached hydrogens (tertiary/aromatic N) is 4. The lowest BCUT2D eigenvalue weighted by Gasteiger charge is -2.12. The summed E-state index contributed by atoms with van der Waals surface area (Å²) in [7, 11) is 1.90. The molecule has 1 amide bonds. The van der Waals surface area contributed by atoms with Crippen LogP contribution < -0.4 is 5.32 Å². The standard InChI is InChI=1S/C27H26N6OS/c1-14-22-17(13-20(15-11-12-15)30-25(22)33(2)32-14)26(34)31-27-23(16-7-3-6-10-21(16)35-27)24-28-18-8-4-5-9-19(18)29-24/h4-5,8-9,13,15H,3,6-7,10-12H2,1-2H3,(H,28,29)(H,31,34). The average molecular weight is 483 g/mol. The smallest absolute Gasteiger partial charge is 0.257 e. The summed E-state index contributed by atoms with van der Waals surface area (Å²) in [5, 5.41) is 9.57. The number of H-pyrrole nitrogens is 1. The quantitative estimate of drug-likeness (QED) is 0.334. The fraction of sp³-hybridized carbons (Fsp3) is 0.333. The Labute approximate surface area is 206 Å². The zero-order valence-corrected chi connectivity index (χ0v) is 20.6. The van der Waals surface area contributed by atoms with Crippen molar-refractivity contribution in [3.05, 3.63) is 57.7 Å². The number of amides is 1. The van der Waals surface area contributed by atoms with Crippen LogP contribution in [0.1, 0.15) is 63.8 Å². The van der Waals surface area contributed by atoms with Crippen molar-refractivity contribution in [2.24, 2.45) is 7.05 Å². The van der Waals surface area contributed by atoms with Gasteiger partial charge in [0.15, 0.2) is 5.65 Å². The van der Waals surface area contributed by atoms with Crippen LogP contribution in [0.25, 0.3) is 33.5 Å². The van der Waals surface area contributed by atoms with Crippen LogP contribution in [0.2, 0.25) is 0 Å². The van der Waals surface area contributed by atoms with Gasteiger partial charge in [-0.2, -0.15) is 5.10 Å². The second-order valence-corrected chi connectivity index (χ2v) is 10.9. The number of benzene rings is 1. The van der Waals surface area contributed by atoms with Gasteiger partial charge in [0.1, 0.15) is 10.8 Å². The largest absolute Gasteiger partial charge is 0.338 e. The van der Waals surface area contributed by atoms with E-state index in [0.717, 1.165) is 81.9 Å². The molecular weight excluding hydrogens is 456 g/mol. The van der Waals surface area contributed by atoms with E-state index in [9.17, 15) is 4.79 Å². The van der Waals surface area contributed by atoms with Crippen molar-refractivity contribution < 1.29 is 4.79 Å². The topological polar surface area (TPSA) is 88.5 Å². The number of nitrogens with one attached hydrogen (secondary N) is 2. The SMILES string of the molecule is Cc1nn(C)c2nc(C3CC3)cc(C(=O)Nc3sc4c(c3-c3nc5ccccc5[nH]3)CCCC4)c12. The molecular formula is C27H26N6OS. The fourth-order valence-corrected chi connectivity index (χ4v) is 6.66. The number of hydrogen-bond donors (Lipinski definition) is 2. The highest BCUT2D eigenvalue weighted by molar-refractivity contribution is 7.17. The number of aromatic amines is 1. The van der Waals surface area contributed by atoms with Crippen molar-refractivity contribution in [1.82, 2.24) is 24.7 Å². The number of aromatic nitrogens is 5. The molecule has 1 aromatic carbocycles. The first-order valence-corrected chi connectivity index (χ1v) is 13.1. The van der Waals surface area contributed by atoms with Gasteiger partial charge in [-0.05, 0) is 69.2 Å². The van der Waals surface area contributed by atoms with Gasteiger partial charge in [-0.1, -0.05) is 12.1 Å². The Morgan fingerprint density at radius 1 is 1.17 bits per heavy atom. The molecule has 5 aromatic rings. The van der Waals surface area contributed by atoms with E-state index in [2.05, 4.69) is 15.4 Å². The number of anilines is 1. The number of aryl methyl sites for hydroxylation is 3.